The van der Waals surface area contributed by atoms with E-state index in [4.69, 9.17) is 0 Å². The highest BCUT2D eigenvalue weighted by Gasteiger charge is 2.21. The Hall–Kier alpha value is -2.56. The van der Waals surface area contributed by atoms with E-state index in [9.17, 15) is 14.7 Å². The summed E-state index contributed by atoms with van der Waals surface area (Å²) in [4.78, 5) is 27.2. The summed E-state index contributed by atoms with van der Waals surface area (Å²) < 4.78 is 0. The summed E-state index contributed by atoms with van der Waals surface area (Å²) in [6.45, 7) is 2.27. The highest BCUT2D eigenvalue weighted by atomic mass is 16.4. The molecule has 0 aliphatic rings. The second-order valence-corrected chi connectivity index (χ2v) is 10.8. The zero-order chi connectivity index (χ0) is 27.3. The Morgan fingerprint density at radius 2 is 1.37 bits per heavy atom. The Morgan fingerprint density at radius 3 is 1.97 bits per heavy atom. The van der Waals surface area contributed by atoms with Crippen molar-refractivity contribution in [2.45, 2.75) is 135 Å². The molecule has 0 unspecified atom stereocenters. The molecule has 0 saturated carbocycles. The van der Waals surface area contributed by atoms with Crippen LogP contribution in [0.2, 0.25) is 0 Å². The van der Waals surface area contributed by atoms with E-state index >= 15 is 0 Å². The molecule has 0 bridgehead atoms. The van der Waals surface area contributed by atoms with Crippen LogP contribution in [-0.4, -0.2) is 28.0 Å². The molecule has 1 amide bonds. The van der Waals surface area contributed by atoms with Gasteiger partial charge < -0.3 is 15.4 Å². The zero-order valence-corrected chi connectivity index (χ0v) is 23.8. The van der Waals surface area contributed by atoms with Gasteiger partial charge in [0.05, 0.1) is 0 Å². The van der Waals surface area contributed by atoms with Gasteiger partial charge in [-0.05, 0) is 43.7 Å². The van der Waals surface area contributed by atoms with E-state index in [2.05, 4.69) is 29.4 Å². The molecule has 0 saturated heterocycles. The fourth-order valence-corrected chi connectivity index (χ4v) is 5.05. The van der Waals surface area contributed by atoms with E-state index in [-0.39, 0.29) is 12.3 Å². The maximum Gasteiger partial charge on any atom is 0.326 e. The molecule has 2 rings (SSSR count). The third-order valence-corrected chi connectivity index (χ3v) is 7.40. The fraction of sp³-hybridized carbons (Fsp3) is 0.636. The number of carbonyl (C=O) groups is 2. The van der Waals surface area contributed by atoms with Crippen molar-refractivity contribution < 1.29 is 14.7 Å². The average molecular weight is 525 g/mol. The lowest BCUT2D eigenvalue weighted by Gasteiger charge is -2.14. The number of rotatable bonds is 23. The van der Waals surface area contributed by atoms with E-state index in [0.29, 0.717) is 6.42 Å². The molecule has 3 N–H and O–H groups in total. The van der Waals surface area contributed by atoms with Gasteiger partial charge in [-0.3, -0.25) is 4.79 Å². The molecule has 5 nitrogen and oxygen atoms in total. The highest BCUT2D eigenvalue weighted by molar-refractivity contribution is 5.86. The van der Waals surface area contributed by atoms with Gasteiger partial charge in [0.25, 0.3) is 0 Å². The number of hydrogen-bond donors (Lipinski definition) is 3. The molecule has 5 heteroatoms. The van der Waals surface area contributed by atoms with E-state index in [1.165, 1.54) is 89.9 Å². The molecule has 0 spiro atoms. The number of allylic oxidation sites excluding steroid dienone is 2. The number of carbonyl (C=O) groups excluding carboxylic acids is 1. The second-order valence-electron chi connectivity index (χ2n) is 10.8. The van der Waals surface area contributed by atoms with E-state index in [1.807, 2.05) is 30.5 Å². The maximum atomic E-state index is 12.3. The predicted molar refractivity (Wildman–Crippen MR) is 159 cm³/mol. The number of aromatic amines is 1. The summed E-state index contributed by atoms with van der Waals surface area (Å²) in [7, 11) is 0. The normalized spacial score (nSPS) is 12.3. The Bertz CT molecular complexity index is 933. The molecule has 1 atom stereocenters. The van der Waals surface area contributed by atoms with Crippen LogP contribution in [0.15, 0.2) is 42.6 Å². The van der Waals surface area contributed by atoms with Gasteiger partial charge in [-0.25, -0.2) is 4.79 Å². The minimum Gasteiger partial charge on any atom is -0.480 e. The molecule has 1 heterocycles. The monoisotopic (exact) mass is 524 g/mol. The molecule has 0 radical (unpaired) electrons. The SMILES string of the molecule is CCCCCCCC/C=C\CCCCCCCCCCCC(=O)N[C@@H](Cc1c[nH]c2ccccc12)C(=O)O. The first-order valence-corrected chi connectivity index (χ1v) is 15.3. The number of H-pyrrole nitrogens is 1. The van der Waals surface area contributed by atoms with Gasteiger partial charge in [0.2, 0.25) is 5.91 Å². The molecule has 212 valence electrons. The number of carboxylic acids is 1. The molecule has 2 aromatic rings. The molecule has 0 aliphatic carbocycles. The number of carboxylic acid groups (broad SMARTS) is 1. The number of benzene rings is 1. The maximum absolute atomic E-state index is 12.3. The van der Waals surface area contributed by atoms with Crippen LogP contribution in [0.25, 0.3) is 10.9 Å². The van der Waals surface area contributed by atoms with Gasteiger partial charge >= 0.3 is 5.97 Å². The second kappa shape index (κ2) is 20.4. The van der Waals surface area contributed by atoms with Crippen LogP contribution in [0.3, 0.4) is 0 Å². The van der Waals surface area contributed by atoms with Crippen LogP contribution >= 0.6 is 0 Å². The third kappa shape index (κ3) is 13.8. The van der Waals surface area contributed by atoms with Crippen LogP contribution < -0.4 is 5.32 Å². The minimum atomic E-state index is -0.993. The first-order valence-electron chi connectivity index (χ1n) is 15.3. The largest absolute Gasteiger partial charge is 0.480 e. The number of fused-ring (bicyclic) bond motifs is 1. The minimum absolute atomic E-state index is 0.168. The summed E-state index contributed by atoms with van der Waals surface area (Å²) in [5.41, 5.74) is 1.89. The molecule has 1 aromatic heterocycles. The summed E-state index contributed by atoms with van der Waals surface area (Å²) in [5.74, 6) is -1.16. The van der Waals surface area contributed by atoms with Crippen LogP contribution in [0.1, 0.15) is 128 Å². The van der Waals surface area contributed by atoms with Gasteiger partial charge in [-0.2, -0.15) is 0 Å². The smallest absolute Gasteiger partial charge is 0.326 e. The van der Waals surface area contributed by atoms with Crippen molar-refractivity contribution in [1.82, 2.24) is 10.3 Å². The van der Waals surface area contributed by atoms with Gasteiger partial charge in [-0.15, -0.1) is 0 Å². The van der Waals surface area contributed by atoms with Crippen molar-refractivity contribution in [1.29, 1.82) is 0 Å². The first kappa shape index (κ1) is 31.7. The van der Waals surface area contributed by atoms with Crippen LogP contribution in [-0.2, 0) is 16.0 Å². The van der Waals surface area contributed by atoms with Crippen molar-refractivity contribution in [3.05, 3.63) is 48.2 Å². The van der Waals surface area contributed by atoms with Crippen molar-refractivity contribution in [2.75, 3.05) is 0 Å². The molecule has 0 fully saturated rings. The van der Waals surface area contributed by atoms with Gasteiger partial charge in [0.1, 0.15) is 6.04 Å². The predicted octanol–water partition coefficient (Wildman–Crippen LogP) is 8.88. The Labute approximate surface area is 230 Å². The topological polar surface area (TPSA) is 82.2 Å². The lowest BCUT2D eigenvalue weighted by atomic mass is 10.0. The lowest BCUT2D eigenvalue weighted by Crippen LogP contribution is -2.42. The lowest BCUT2D eigenvalue weighted by molar-refractivity contribution is -0.141. The first-order chi connectivity index (χ1) is 18.6. The summed E-state index contributed by atoms with van der Waals surface area (Å²) in [6, 6.07) is 6.90. The fourth-order valence-electron chi connectivity index (χ4n) is 5.05. The van der Waals surface area contributed by atoms with Gasteiger partial charge in [0, 0.05) is 29.9 Å². The molecule has 38 heavy (non-hydrogen) atoms. The van der Waals surface area contributed by atoms with Gasteiger partial charge in [0.15, 0.2) is 0 Å². The molecular formula is C33H52N2O3. The number of aliphatic carboxylic acids is 1. The van der Waals surface area contributed by atoms with Crippen molar-refractivity contribution >= 4 is 22.8 Å². The number of hydrogen-bond acceptors (Lipinski definition) is 2. The van der Waals surface area contributed by atoms with Crippen molar-refractivity contribution in [2.24, 2.45) is 0 Å². The van der Waals surface area contributed by atoms with Crippen LogP contribution in [0.5, 0.6) is 0 Å². The number of nitrogens with one attached hydrogen (secondary N) is 2. The highest BCUT2D eigenvalue weighted by Crippen LogP contribution is 2.19. The number of aromatic nitrogens is 1. The summed E-state index contributed by atoms with van der Waals surface area (Å²) in [5, 5.41) is 13.3. The third-order valence-electron chi connectivity index (χ3n) is 7.40. The van der Waals surface area contributed by atoms with Gasteiger partial charge in [-0.1, -0.05) is 114 Å². The standard InChI is InChI=1S/C33H52N2O3/c1-2-3-4-5-6-7-8-9-10-11-12-13-14-15-16-17-18-19-20-25-32(36)35-31(33(37)38)26-28-27-34-30-24-22-21-23-29(28)30/h9-10,21-24,27,31,34H,2-8,11-20,25-26H2,1H3,(H,35,36)(H,37,38)/b10-9-/t31-/m0/s1. The molecule has 1 aromatic carbocycles. The number of unbranched alkanes of at least 4 members (excludes halogenated alkanes) is 15. The molecular weight excluding hydrogens is 472 g/mol. The average Bonchev–Trinajstić information content (AvgIpc) is 3.32. The number of amides is 1. The Balaban J connectivity index is 1.42. The zero-order valence-electron chi connectivity index (χ0n) is 23.8. The summed E-state index contributed by atoms with van der Waals surface area (Å²) >= 11 is 0. The molecule has 0 aliphatic heterocycles. The summed E-state index contributed by atoms with van der Waals surface area (Å²) in [6.07, 6.45) is 28.7. The van der Waals surface area contributed by atoms with Crippen molar-refractivity contribution in [3.63, 3.8) is 0 Å². The Morgan fingerprint density at radius 1 is 0.816 bits per heavy atom. The Kier molecular flexibility index (Phi) is 17.0. The van der Waals surface area contributed by atoms with E-state index in [1.54, 1.807) is 0 Å². The quantitative estimate of drug-likeness (QED) is 0.100. The number of para-hydroxylation sites is 1. The van der Waals surface area contributed by atoms with Crippen LogP contribution in [0.4, 0.5) is 0 Å². The van der Waals surface area contributed by atoms with Crippen LogP contribution in [0, 0.1) is 0 Å². The van der Waals surface area contributed by atoms with E-state index in [0.717, 1.165) is 35.7 Å². The van der Waals surface area contributed by atoms with E-state index < -0.39 is 12.0 Å². The van der Waals surface area contributed by atoms with Crippen molar-refractivity contribution in [3.8, 4) is 0 Å².